The van der Waals surface area contributed by atoms with Gasteiger partial charge in [0.05, 0.1) is 0 Å². The number of hydrogen-bond acceptors (Lipinski definition) is 1. The van der Waals surface area contributed by atoms with Gasteiger partial charge in [-0.2, -0.15) is 0 Å². The van der Waals surface area contributed by atoms with Gasteiger partial charge in [-0.1, -0.05) is 38.8 Å². The van der Waals surface area contributed by atoms with Gasteiger partial charge in [0.2, 0.25) is 0 Å². The molecule has 0 saturated heterocycles. The van der Waals surface area contributed by atoms with Crippen LogP contribution in [0.2, 0.25) is 0 Å². The van der Waals surface area contributed by atoms with Gasteiger partial charge in [0.1, 0.15) is 5.75 Å². The fourth-order valence-corrected chi connectivity index (χ4v) is 1.90. The Morgan fingerprint density at radius 2 is 1.53 bits per heavy atom. The van der Waals surface area contributed by atoms with Gasteiger partial charge in [-0.15, -0.1) is 0 Å². The number of benzene rings is 1. The smallest absolute Gasteiger partial charge is 0.121 e. The summed E-state index contributed by atoms with van der Waals surface area (Å²) in [5, 5.41) is 10.1. The van der Waals surface area contributed by atoms with Crippen LogP contribution in [0.3, 0.4) is 0 Å². The Bertz CT molecular complexity index is 288. The molecule has 0 atom stereocenters. The number of aryl methyl sites for hydroxylation is 2. The van der Waals surface area contributed by atoms with E-state index < -0.39 is 0 Å². The minimum absolute atomic E-state index is 0.510. The second kappa shape index (κ2) is 5.79. The molecule has 15 heavy (non-hydrogen) atoms. The van der Waals surface area contributed by atoms with Crippen molar-refractivity contribution >= 4 is 0 Å². The first-order valence-corrected chi connectivity index (χ1v) is 5.85. The van der Waals surface area contributed by atoms with Gasteiger partial charge in [0, 0.05) is 0 Å². The molecule has 0 aromatic heterocycles. The number of phenolic OH excluding ortho intramolecular Hbond substituents is 1. The van der Waals surface area contributed by atoms with Gasteiger partial charge in [0.15, 0.2) is 0 Å². The van der Waals surface area contributed by atoms with Crippen LogP contribution in [0.15, 0.2) is 12.1 Å². The number of aromatic hydroxyl groups is 1. The van der Waals surface area contributed by atoms with Crippen LogP contribution in [-0.4, -0.2) is 5.11 Å². The summed E-state index contributed by atoms with van der Waals surface area (Å²) in [6.45, 7) is 8.18. The first-order valence-electron chi connectivity index (χ1n) is 5.85. The normalized spacial score (nSPS) is 10.6. The maximum Gasteiger partial charge on any atom is 0.121 e. The molecule has 0 spiro atoms. The predicted octanol–water partition coefficient (Wildman–Crippen LogP) is 3.67. The third-order valence-corrected chi connectivity index (χ3v) is 2.65. The van der Waals surface area contributed by atoms with Crippen LogP contribution in [0.5, 0.6) is 5.75 Å². The standard InChI is InChI=1S/C14H21O/c1-4-7-12-9-11(6-3)10-13(8-5-2)14(12)15/h9-10,15H,3-8H2,1-2H3. The van der Waals surface area contributed by atoms with E-state index in [-0.39, 0.29) is 0 Å². The molecule has 0 aliphatic rings. The molecule has 1 aromatic rings. The van der Waals surface area contributed by atoms with Crippen molar-refractivity contribution in [2.75, 3.05) is 0 Å². The van der Waals surface area contributed by atoms with E-state index in [4.69, 9.17) is 0 Å². The molecule has 1 aromatic carbocycles. The fourth-order valence-electron chi connectivity index (χ4n) is 1.90. The van der Waals surface area contributed by atoms with Crippen molar-refractivity contribution in [2.24, 2.45) is 0 Å². The summed E-state index contributed by atoms with van der Waals surface area (Å²) in [6.07, 6.45) is 4.85. The molecule has 0 fully saturated rings. The quantitative estimate of drug-likeness (QED) is 0.777. The van der Waals surface area contributed by atoms with Crippen molar-refractivity contribution < 1.29 is 5.11 Å². The molecule has 1 radical (unpaired) electrons. The lowest BCUT2D eigenvalue weighted by atomic mass is 9.97. The highest BCUT2D eigenvalue weighted by Gasteiger charge is 2.08. The third-order valence-electron chi connectivity index (χ3n) is 2.65. The Balaban J connectivity index is 3.08. The number of rotatable bonds is 5. The SMILES string of the molecule is [CH2]Cc1cc(CCC)c(O)c(CCC)c1. The first kappa shape index (κ1) is 12.1. The van der Waals surface area contributed by atoms with Crippen molar-refractivity contribution in [1.82, 2.24) is 0 Å². The van der Waals surface area contributed by atoms with Gasteiger partial charge >= 0.3 is 0 Å². The Labute approximate surface area is 93.1 Å². The number of hydrogen-bond donors (Lipinski definition) is 1. The van der Waals surface area contributed by atoms with Crippen LogP contribution in [0.25, 0.3) is 0 Å². The van der Waals surface area contributed by atoms with Crippen LogP contribution < -0.4 is 0 Å². The van der Waals surface area contributed by atoms with Crippen LogP contribution in [0, 0.1) is 6.92 Å². The van der Waals surface area contributed by atoms with Crippen molar-refractivity contribution in [2.45, 2.75) is 46.0 Å². The second-order valence-corrected chi connectivity index (χ2v) is 4.01. The summed E-state index contributed by atoms with van der Waals surface area (Å²) < 4.78 is 0. The lowest BCUT2D eigenvalue weighted by Gasteiger charge is -2.11. The van der Waals surface area contributed by atoms with Crippen LogP contribution in [0.4, 0.5) is 0 Å². The zero-order chi connectivity index (χ0) is 11.3. The molecule has 0 amide bonds. The van der Waals surface area contributed by atoms with E-state index in [1.807, 2.05) is 0 Å². The average Bonchev–Trinajstić information content (AvgIpc) is 2.24. The molecular formula is C14H21O. The zero-order valence-corrected chi connectivity index (χ0v) is 9.84. The summed E-state index contributed by atoms with van der Waals surface area (Å²) >= 11 is 0. The molecule has 0 aliphatic heterocycles. The molecule has 1 N–H and O–H groups in total. The molecule has 0 aliphatic carbocycles. The molecule has 1 nitrogen and oxygen atoms in total. The van der Waals surface area contributed by atoms with Crippen molar-refractivity contribution in [1.29, 1.82) is 0 Å². The minimum atomic E-state index is 0.510. The Kier molecular flexibility index (Phi) is 4.67. The highest BCUT2D eigenvalue weighted by molar-refractivity contribution is 5.44. The second-order valence-electron chi connectivity index (χ2n) is 4.01. The molecular weight excluding hydrogens is 184 g/mol. The largest absolute Gasteiger partial charge is 0.507 e. The van der Waals surface area contributed by atoms with E-state index in [1.54, 1.807) is 0 Å². The van der Waals surface area contributed by atoms with E-state index in [9.17, 15) is 5.11 Å². The van der Waals surface area contributed by atoms with Crippen LogP contribution in [0.1, 0.15) is 43.4 Å². The lowest BCUT2D eigenvalue weighted by Crippen LogP contribution is -1.94. The molecule has 0 heterocycles. The maximum absolute atomic E-state index is 10.1. The van der Waals surface area contributed by atoms with Crippen LogP contribution >= 0.6 is 0 Å². The summed E-state index contributed by atoms with van der Waals surface area (Å²) in [5.74, 6) is 0.510. The molecule has 0 bridgehead atoms. The van der Waals surface area contributed by atoms with E-state index in [0.29, 0.717) is 5.75 Å². The average molecular weight is 205 g/mol. The number of phenols is 1. The monoisotopic (exact) mass is 205 g/mol. The van der Waals surface area contributed by atoms with E-state index in [1.165, 1.54) is 5.56 Å². The summed E-state index contributed by atoms with van der Waals surface area (Å²) in [4.78, 5) is 0. The molecule has 0 unspecified atom stereocenters. The topological polar surface area (TPSA) is 20.2 Å². The zero-order valence-electron chi connectivity index (χ0n) is 9.84. The van der Waals surface area contributed by atoms with E-state index in [2.05, 4.69) is 32.9 Å². The highest BCUT2D eigenvalue weighted by Crippen LogP contribution is 2.27. The summed E-state index contributed by atoms with van der Waals surface area (Å²) in [6, 6.07) is 4.18. The first-order chi connectivity index (χ1) is 7.22. The van der Waals surface area contributed by atoms with Crippen molar-refractivity contribution in [3.8, 4) is 5.75 Å². The maximum atomic E-state index is 10.1. The Morgan fingerprint density at radius 3 is 1.87 bits per heavy atom. The Morgan fingerprint density at radius 1 is 1.07 bits per heavy atom. The van der Waals surface area contributed by atoms with Crippen LogP contribution in [-0.2, 0) is 19.3 Å². The molecule has 0 saturated carbocycles. The Hall–Kier alpha value is -0.980. The minimum Gasteiger partial charge on any atom is -0.507 e. The van der Waals surface area contributed by atoms with Crippen molar-refractivity contribution in [3.05, 3.63) is 35.7 Å². The predicted molar refractivity (Wildman–Crippen MR) is 65.2 cm³/mol. The fraction of sp³-hybridized carbons (Fsp3) is 0.500. The van der Waals surface area contributed by atoms with Gasteiger partial charge in [0.25, 0.3) is 0 Å². The van der Waals surface area contributed by atoms with Crippen molar-refractivity contribution in [3.63, 3.8) is 0 Å². The third kappa shape index (κ3) is 2.98. The van der Waals surface area contributed by atoms with Gasteiger partial charge in [-0.3, -0.25) is 0 Å². The molecule has 1 rings (SSSR count). The highest BCUT2D eigenvalue weighted by atomic mass is 16.3. The molecule has 83 valence electrons. The summed E-state index contributed by atoms with van der Waals surface area (Å²) in [7, 11) is 0. The van der Waals surface area contributed by atoms with Gasteiger partial charge in [-0.05, 0) is 42.9 Å². The molecule has 1 heteroatoms. The van der Waals surface area contributed by atoms with Gasteiger partial charge < -0.3 is 5.11 Å². The summed E-state index contributed by atoms with van der Waals surface area (Å²) in [5.41, 5.74) is 3.41. The van der Waals surface area contributed by atoms with E-state index in [0.717, 1.165) is 43.2 Å². The van der Waals surface area contributed by atoms with E-state index >= 15 is 0 Å². The van der Waals surface area contributed by atoms with Gasteiger partial charge in [-0.25, -0.2) is 0 Å². The lowest BCUT2D eigenvalue weighted by molar-refractivity contribution is 0.459.